The van der Waals surface area contributed by atoms with Gasteiger partial charge < -0.3 is 14.3 Å². The minimum Gasteiger partial charge on any atom is -0.367 e. The van der Waals surface area contributed by atoms with E-state index in [1.54, 1.807) is 6.07 Å². The molecular formula is C21H19ClN4O3S. The van der Waals surface area contributed by atoms with Crippen molar-refractivity contribution in [2.75, 3.05) is 31.1 Å². The third-order valence-electron chi connectivity index (χ3n) is 5.17. The lowest BCUT2D eigenvalue weighted by atomic mass is 10.1. The molecule has 0 amide bonds. The van der Waals surface area contributed by atoms with Crippen LogP contribution in [0.1, 0.15) is 11.3 Å². The molecule has 2 aromatic carbocycles. The van der Waals surface area contributed by atoms with Gasteiger partial charge in [0.2, 0.25) is 0 Å². The van der Waals surface area contributed by atoms with Crippen LogP contribution in [0.15, 0.2) is 53.1 Å². The molecule has 3 aromatic rings. The van der Waals surface area contributed by atoms with Crippen LogP contribution in [0.3, 0.4) is 0 Å². The summed E-state index contributed by atoms with van der Waals surface area (Å²) in [7, 11) is 0. The summed E-state index contributed by atoms with van der Waals surface area (Å²) in [6.45, 7) is 4.66. The van der Waals surface area contributed by atoms with Gasteiger partial charge in [0.05, 0.1) is 21.2 Å². The maximum atomic E-state index is 10.9. The Morgan fingerprint density at radius 2 is 1.87 bits per heavy atom. The summed E-state index contributed by atoms with van der Waals surface area (Å²) in [5, 5.41) is 15.5. The number of aryl methyl sites for hydroxylation is 1. The zero-order valence-electron chi connectivity index (χ0n) is 16.2. The molecule has 0 aliphatic carbocycles. The molecule has 4 rings (SSSR count). The summed E-state index contributed by atoms with van der Waals surface area (Å²) in [4.78, 5) is 15.4. The molecule has 0 bridgehead atoms. The number of halogens is 1. The number of nitro groups is 1. The number of hydrogen-bond donors (Lipinski definition) is 0. The van der Waals surface area contributed by atoms with E-state index in [0.717, 1.165) is 22.5 Å². The first-order chi connectivity index (χ1) is 14.5. The zero-order chi connectivity index (χ0) is 21.3. The monoisotopic (exact) mass is 442 g/mol. The van der Waals surface area contributed by atoms with Crippen molar-refractivity contribution < 1.29 is 9.45 Å². The van der Waals surface area contributed by atoms with Crippen LogP contribution in [0.5, 0.6) is 0 Å². The van der Waals surface area contributed by atoms with Gasteiger partial charge >= 0.3 is 0 Å². The maximum Gasteiger partial charge on any atom is 0.271 e. The molecule has 0 unspecified atom stereocenters. The van der Waals surface area contributed by atoms with Gasteiger partial charge in [0.25, 0.3) is 5.69 Å². The summed E-state index contributed by atoms with van der Waals surface area (Å²) in [6.07, 6.45) is 0. The highest BCUT2D eigenvalue weighted by atomic mass is 35.5. The molecule has 2 heterocycles. The van der Waals surface area contributed by atoms with Crippen molar-refractivity contribution >= 4 is 40.2 Å². The van der Waals surface area contributed by atoms with Crippen molar-refractivity contribution in [1.82, 2.24) is 10.1 Å². The largest absolute Gasteiger partial charge is 0.367 e. The lowest BCUT2D eigenvalue weighted by Gasteiger charge is -2.37. The van der Waals surface area contributed by atoms with Crippen molar-refractivity contribution in [2.24, 2.45) is 0 Å². The van der Waals surface area contributed by atoms with E-state index in [0.29, 0.717) is 42.0 Å². The van der Waals surface area contributed by atoms with Crippen molar-refractivity contribution in [3.8, 4) is 11.3 Å². The molecule has 0 spiro atoms. The predicted molar refractivity (Wildman–Crippen MR) is 120 cm³/mol. The van der Waals surface area contributed by atoms with Crippen LogP contribution < -0.4 is 4.90 Å². The molecule has 9 heteroatoms. The van der Waals surface area contributed by atoms with Crippen LogP contribution in [0.2, 0.25) is 5.02 Å². The Morgan fingerprint density at radius 1 is 1.17 bits per heavy atom. The van der Waals surface area contributed by atoms with Gasteiger partial charge in [0, 0.05) is 43.9 Å². The van der Waals surface area contributed by atoms with Crippen LogP contribution in [0.25, 0.3) is 11.3 Å². The topological polar surface area (TPSA) is 75.7 Å². The summed E-state index contributed by atoms with van der Waals surface area (Å²) < 4.78 is 5.45. The molecule has 1 aliphatic rings. The van der Waals surface area contributed by atoms with E-state index < -0.39 is 4.92 Å². The normalized spacial score (nSPS) is 14.1. The van der Waals surface area contributed by atoms with Crippen LogP contribution in [0, 0.1) is 17.0 Å². The molecule has 154 valence electrons. The smallest absolute Gasteiger partial charge is 0.271 e. The second-order valence-electron chi connectivity index (χ2n) is 7.00. The Kier molecular flexibility index (Phi) is 5.69. The van der Waals surface area contributed by atoms with Crippen molar-refractivity contribution in [2.45, 2.75) is 6.92 Å². The van der Waals surface area contributed by atoms with Gasteiger partial charge in [-0.2, -0.15) is 0 Å². The number of non-ortho nitro benzene ring substituents is 1. The first-order valence-corrected chi connectivity index (χ1v) is 10.2. The minimum atomic E-state index is -0.447. The second kappa shape index (κ2) is 8.41. The molecule has 0 N–H and O–H groups in total. The fourth-order valence-corrected chi connectivity index (χ4v) is 4.31. The molecular weight excluding hydrogens is 424 g/mol. The highest BCUT2D eigenvalue weighted by Gasteiger charge is 2.26. The summed E-state index contributed by atoms with van der Waals surface area (Å²) in [6, 6.07) is 14.4. The van der Waals surface area contributed by atoms with Crippen molar-refractivity contribution in [3.63, 3.8) is 0 Å². The third kappa shape index (κ3) is 3.88. The van der Waals surface area contributed by atoms with Gasteiger partial charge in [-0.05, 0) is 13.0 Å². The zero-order valence-corrected chi connectivity index (χ0v) is 17.8. The predicted octanol–water partition coefficient (Wildman–Crippen LogP) is 4.71. The third-order valence-corrected chi connectivity index (χ3v) is 5.94. The SMILES string of the molecule is Cc1onc(-c2ccccc2)c1C(=S)N1CCN(c2ccc([N+](=O)[O-])cc2Cl)CC1. The molecule has 30 heavy (non-hydrogen) atoms. The fraction of sp³-hybridized carbons (Fsp3) is 0.238. The maximum absolute atomic E-state index is 10.9. The Morgan fingerprint density at radius 3 is 2.50 bits per heavy atom. The standard InChI is InChI=1S/C21H19ClN4O3S/c1-14-19(20(23-29-14)15-5-3-2-4-6-15)21(30)25-11-9-24(10-12-25)18-8-7-16(26(27)28)13-17(18)22/h2-8,13H,9-12H2,1H3. The average molecular weight is 443 g/mol. The lowest BCUT2D eigenvalue weighted by molar-refractivity contribution is -0.384. The highest BCUT2D eigenvalue weighted by Crippen LogP contribution is 2.31. The Balaban J connectivity index is 1.50. The number of benzene rings is 2. The molecule has 1 saturated heterocycles. The number of aromatic nitrogens is 1. The number of nitro benzene ring substituents is 1. The quantitative estimate of drug-likeness (QED) is 0.329. The number of rotatable bonds is 4. The minimum absolute atomic E-state index is 0.0139. The molecule has 1 aromatic heterocycles. The van der Waals surface area contributed by atoms with Crippen LogP contribution in [0.4, 0.5) is 11.4 Å². The van der Waals surface area contributed by atoms with E-state index in [2.05, 4.69) is 15.0 Å². The summed E-state index contributed by atoms with van der Waals surface area (Å²) in [5.41, 5.74) is 3.33. The van der Waals surface area contributed by atoms with E-state index in [9.17, 15) is 10.1 Å². The van der Waals surface area contributed by atoms with Gasteiger partial charge in [0.15, 0.2) is 0 Å². The average Bonchev–Trinajstić information content (AvgIpc) is 3.15. The van der Waals surface area contributed by atoms with E-state index in [4.69, 9.17) is 28.3 Å². The van der Waals surface area contributed by atoms with E-state index in [1.165, 1.54) is 12.1 Å². The number of anilines is 1. The Bertz CT molecular complexity index is 1090. The van der Waals surface area contributed by atoms with Crippen LogP contribution in [-0.4, -0.2) is 46.1 Å². The molecule has 1 aliphatic heterocycles. The molecule has 7 nitrogen and oxygen atoms in total. The Hall–Kier alpha value is -2.97. The summed E-state index contributed by atoms with van der Waals surface area (Å²) in [5.74, 6) is 0.694. The van der Waals surface area contributed by atoms with Gasteiger partial charge in [-0.15, -0.1) is 0 Å². The van der Waals surface area contributed by atoms with Crippen molar-refractivity contribution in [3.05, 3.63) is 75.0 Å². The Labute approximate surface area is 184 Å². The molecule has 0 atom stereocenters. The number of thiocarbonyl (C=S) groups is 1. The molecule has 1 fully saturated rings. The van der Waals surface area contributed by atoms with E-state index >= 15 is 0 Å². The van der Waals surface area contributed by atoms with E-state index in [1.807, 2.05) is 37.3 Å². The van der Waals surface area contributed by atoms with Gasteiger partial charge in [-0.3, -0.25) is 10.1 Å². The lowest BCUT2D eigenvalue weighted by Crippen LogP contribution is -2.48. The number of hydrogen-bond acceptors (Lipinski definition) is 6. The summed E-state index contributed by atoms with van der Waals surface area (Å²) >= 11 is 12.1. The number of piperazine rings is 1. The molecule has 0 radical (unpaired) electrons. The van der Waals surface area contributed by atoms with Gasteiger partial charge in [-0.25, -0.2) is 0 Å². The van der Waals surface area contributed by atoms with Crippen molar-refractivity contribution in [1.29, 1.82) is 0 Å². The first kappa shape index (κ1) is 20.3. The highest BCUT2D eigenvalue weighted by molar-refractivity contribution is 7.80. The fourth-order valence-electron chi connectivity index (χ4n) is 3.59. The molecule has 0 saturated carbocycles. The van der Waals surface area contributed by atoms with Crippen LogP contribution >= 0.6 is 23.8 Å². The second-order valence-corrected chi connectivity index (χ2v) is 7.79. The van der Waals surface area contributed by atoms with Crippen LogP contribution in [-0.2, 0) is 0 Å². The number of nitrogens with zero attached hydrogens (tertiary/aromatic N) is 4. The first-order valence-electron chi connectivity index (χ1n) is 9.45. The van der Waals surface area contributed by atoms with Gasteiger partial charge in [0.1, 0.15) is 16.4 Å². The van der Waals surface area contributed by atoms with Gasteiger partial charge in [-0.1, -0.05) is 59.3 Å². The van der Waals surface area contributed by atoms with E-state index in [-0.39, 0.29) is 5.69 Å².